The third-order valence-corrected chi connectivity index (χ3v) is 3.21. The Kier molecular flexibility index (Phi) is 2.00. The molecule has 1 N–H and O–H groups in total. The Morgan fingerprint density at radius 2 is 1.80 bits per heavy atom. The van der Waals surface area contributed by atoms with Crippen LogP contribution < -0.4 is 0 Å². The lowest BCUT2D eigenvalue weighted by molar-refractivity contribution is 0.283. The van der Waals surface area contributed by atoms with Crippen LogP contribution in [0.3, 0.4) is 0 Å². The molecule has 2 aromatic carbocycles. The molecule has 1 saturated carbocycles. The SMILES string of the molecule is OCc1cccc2cccc(C3CC3)c12. The van der Waals surface area contributed by atoms with Gasteiger partial charge in [0.15, 0.2) is 0 Å². The zero-order chi connectivity index (χ0) is 10.3. The summed E-state index contributed by atoms with van der Waals surface area (Å²) in [6.07, 6.45) is 2.61. The summed E-state index contributed by atoms with van der Waals surface area (Å²) in [5.41, 5.74) is 2.49. The molecule has 3 rings (SSSR count). The normalized spacial score (nSPS) is 15.8. The molecule has 1 nitrogen and oxygen atoms in total. The highest BCUT2D eigenvalue weighted by atomic mass is 16.3. The number of hydrogen-bond acceptors (Lipinski definition) is 1. The number of aliphatic hydroxyl groups excluding tert-OH is 1. The van der Waals surface area contributed by atoms with E-state index in [9.17, 15) is 5.11 Å². The van der Waals surface area contributed by atoms with Crippen LogP contribution in [-0.4, -0.2) is 5.11 Å². The minimum absolute atomic E-state index is 0.140. The molecule has 0 saturated heterocycles. The Hall–Kier alpha value is -1.34. The van der Waals surface area contributed by atoms with E-state index in [2.05, 4.69) is 24.3 Å². The molecule has 76 valence electrons. The molecule has 0 atom stereocenters. The van der Waals surface area contributed by atoms with Gasteiger partial charge in [0.2, 0.25) is 0 Å². The van der Waals surface area contributed by atoms with Crippen LogP contribution in [0.25, 0.3) is 10.8 Å². The van der Waals surface area contributed by atoms with Crippen molar-refractivity contribution in [3.63, 3.8) is 0 Å². The Labute approximate surface area is 89.4 Å². The van der Waals surface area contributed by atoms with E-state index < -0.39 is 0 Å². The Balaban J connectivity index is 2.33. The van der Waals surface area contributed by atoms with Crippen LogP contribution in [0.15, 0.2) is 36.4 Å². The van der Waals surface area contributed by atoms with Crippen LogP contribution in [0.2, 0.25) is 0 Å². The van der Waals surface area contributed by atoms with Gasteiger partial charge in [-0.2, -0.15) is 0 Å². The maximum Gasteiger partial charge on any atom is 0.0687 e. The van der Waals surface area contributed by atoms with Crippen LogP contribution in [0.5, 0.6) is 0 Å². The summed E-state index contributed by atoms with van der Waals surface area (Å²) in [6, 6.07) is 12.6. The molecule has 0 amide bonds. The molecule has 0 aromatic heterocycles. The van der Waals surface area contributed by atoms with Crippen molar-refractivity contribution in [3.8, 4) is 0 Å². The van der Waals surface area contributed by atoms with E-state index in [1.165, 1.54) is 29.2 Å². The molecule has 1 aliphatic rings. The maximum atomic E-state index is 9.36. The van der Waals surface area contributed by atoms with E-state index in [4.69, 9.17) is 0 Å². The van der Waals surface area contributed by atoms with Gasteiger partial charge in [-0.15, -0.1) is 0 Å². The standard InChI is InChI=1S/C14H14O/c15-9-12-5-1-3-11-4-2-6-13(14(11)12)10-7-8-10/h1-6,10,15H,7-9H2. The Morgan fingerprint density at radius 3 is 2.47 bits per heavy atom. The van der Waals surface area contributed by atoms with E-state index in [-0.39, 0.29) is 6.61 Å². The fraction of sp³-hybridized carbons (Fsp3) is 0.286. The highest BCUT2D eigenvalue weighted by Crippen LogP contribution is 2.43. The predicted octanol–water partition coefficient (Wildman–Crippen LogP) is 3.21. The fourth-order valence-corrected chi connectivity index (χ4v) is 2.32. The van der Waals surface area contributed by atoms with Crippen molar-refractivity contribution in [2.75, 3.05) is 0 Å². The number of aliphatic hydroxyl groups is 1. The molecular weight excluding hydrogens is 184 g/mol. The minimum atomic E-state index is 0.140. The van der Waals surface area contributed by atoms with Crippen LogP contribution in [-0.2, 0) is 6.61 Å². The quantitative estimate of drug-likeness (QED) is 0.785. The van der Waals surface area contributed by atoms with Crippen molar-refractivity contribution in [2.45, 2.75) is 25.4 Å². The van der Waals surface area contributed by atoms with Crippen molar-refractivity contribution in [3.05, 3.63) is 47.5 Å². The first-order chi connectivity index (χ1) is 7.40. The minimum Gasteiger partial charge on any atom is -0.392 e. The zero-order valence-corrected chi connectivity index (χ0v) is 8.61. The smallest absolute Gasteiger partial charge is 0.0687 e. The van der Waals surface area contributed by atoms with Crippen molar-refractivity contribution >= 4 is 10.8 Å². The monoisotopic (exact) mass is 198 g/mol. The van der Waals surface area contributed by atoms with Crippen LogP contribution in [0.1, 0.15) is 29.9 Å². The van der Waals surface area contributed by atoms with Gasteiger partial charge in [0.1, 0.15) is 0 Å². The first-order valence-electron chi connectivity index (χ1n) is 5.51. The van der Waals surface area contributed by atoms with Gasteiger partial charge in [-0.05, 0) is 40.7 Å². The fourth-order valence-electron chi connectivity index (χ4n) is 2.32. The van der Waals surface area contributed by atoms with Gasteiger partial charge in [-0.25, -0.2) is 0 Å². The van der Waals surface area contributed by atoms with Crippen molar-refractivity contribution in [1.29, 1.82) is 0 Å². The molecule has 1 fully saturated rings. The van der Waals surface area contributed by atoms with Gasteiger partial charge in [0.25, 0.3) is 0 Å². The molecule has 0 aliphatic heterocycles. The van der Waals surface area contributed by atoms with Gasteiger partial charge in [0, 0.05) is 0 Å². The second-order valence-corrected chi connectivity index (χ2v) is 4.29. The topological polar surface area (TPSA) is 20.2 Å². The third kappa shape index (κ3) is 1.44. The van der Waals surface area contributed by atoms with Gasteiger partial charge in [-0.3, -0.25) is 0 Å². The molecule has 0 unspecified atom stereocenters. The summed E-state index contributed by atoms with van der Waals surface area (Å²) < 4.78 is 0. The number of hydrogen-bond donors (Lipinski definition) is 1. The molecular formula is C14H14O. The van der Waals surface area contributed by atoms with Gasteiger partial charge in [0.05, 0.1) is 6.61 Å². The molecule has 2 aromatic rings. The average Bonchev–Trinajstić information content (AvgIpc) is 3.11. The van der Waals surface area contributed by atoms with Gasteiger partial charge < -0.3 is 5.11 Å². The number of benzene rings is 2. The summed E-state index contributed by atoms with van der Waals surface area (Å²) in [5, 5.41) is 11.9. The second kappa shape index (κ2) is 3.35. The van der Waals surface area contributed by atoms with Crippen molar-refractivity contribution in [1.82, 2.24) is 0 Å². The predicted molar refractivity (Wildman–Crippen MR) is 61.8 cm³/mol. The summed E-state index contributed by atoms with van der Waals surface area (Å²) in [5.74, 6) is 0.737. The summed E-state index contributed by atoms with van der Waals surface area (Å²) in [7, 11) is 0. The summed E-state index contributed by atoms with van der Waals surface area (Å²) in [4.78, 5) is 0. The van der Waals surface area contributed by atoms with Crippen LogP contribution in [0, 0.1) is 0 Å². The lowest BCUT2D eigenvalue weighted by Gasteiger charge is -2.09. The van der Waals surface area contributed by atoms with Crippen molar-refractivity contribution in [2.24, 2.45) is 0 Å². The van der Waals surface area contributed by atoms with E-state index >= 15 is 0 Å². The van der Waals surface area contributed by atoms with Crippen LogP contribution in [0.4, 0.5) is 0 Å². The molecule has 1 heteroatoms. The summed E-state index contributed by atoms with van der Waals surface area (Å²) in [6.45, 7) is 0.140. The number of rotatable bonds is 2. The lowest BCUT2D eigenvalue weighted by Crippen LogP contribution is -1.90. The summed E-state index contributed by atoms with van der Waals surface area (Å²) >= 11 is 0. The van der Waals surface area contributed by atoms with E-state index in [0.717, 1.165) is 11.5 Å². The molecule has 0 spiro atoms. The van der Waals surface area contributed by atoms with E-state index in [0.29, 0.717) is 0 Å². The largest absolute Gasteiger partial charge is 0.392 e. The number of fused-ring (bicyclic) bond motifs is 1. The van der Waals surface area contributed by atoms with Gasteiger partial charge in [-0.1, -0.05) is 36.4 Å². The first kappa shape index (κ1) is 8.93. The van der Waals surface area contributed by atoms with Crippen molar-refractivity contribution < 1.29 is 5.11 Å². The average molecular weight is 198 g/mol. The van der Waals surface area contributed by atoms with Gasteiger partial charge >= 0.3 is 0 Å². The molecule has 1 aliphatic carbocycles. The van der Waals surface area contributed by atoms with E-state index in [1.54, 1.807) is 0 Å². The van der Waals surface area contributed by atoms with Crippen LogP contribution >= 0.6 is 0 Å². The second-order valence-electron chi connectivity index (χ2n) is 4.29. The molecule has 0 radical (unpaired) electrons. The molecule has 0 heterocycles. The zero-order valence-electron chi connectivity index (χ0n) is 8.61. The highest BCUT2D eigenvalue weighted by Gasteiger charge is 2.25. The highest BCUT2D eigenvalue weighted by molar-refractivity contribution is 5.89. The Morgan fingerprint density at radius 1 is 1.07 bits per heavy atom. The first-order valence-corrected chi connectivity index (χ1v) is 5.51. The van der Waals surface area contributed by atoms with E-state index in [1.807, 2.05) is 12.1 Å². The molecule has 0 bridgehead atoms. The lowest BCUT2D eigenvalue weighted by atomic mass is 9.97. The maximum absolute atomic E-state index is 9.36. The Bertz CT molecular complexity index is 492. The molecule has 15 heavy (non-hydrogen) atoms. The third-order valence-electron chi connectivity index (χ3n) is 3.21.